The zero-order valence-electron chi connectivity index (χ0n) is 17.6. The third kappa shape index (κ3) is 6.17. The fourth-order valence-corrected chi connectivity index (χ4v) is 5.01. The normalized spacial score (nSPS) is 11.2. The molecule has 0 unspecified atom stereocenters. The lowest BCUT2D eigenvalue weighted by Gasteiger charge is -2.09. The number of aromatic nitrogens is 3. The fourth-order valence-electron chi connectivity index (χ4n) is 2.90. The molecule has 1 heterocycles. The summed E-state index contributed by atoms with van der Waals surface area (Å²) in [5.41, 5.74) is 1.23. The molecule has 0 spiro atoms. The van der Waals surface area contributed by atoms with Crippen LogP contribution in [0.3, 0.4) is 0 Å². The minimum absolute atomic E-state index is 0.0804. The number of sulfone groups is 1. The van der Waals surface area contributed by atoms with Crippen molar-refractivity contribution >= 4 is 44.8 Å². The lowest BCUT2D eigenvalue weighted by Crippen LogP contribution is -2.15. The van der Waals surface area contributed by atoms with E-state index in [1.807, 2.05) is 6.92 Å². The Morgan fingerprint density at radius 3 is 2.19 bits per heavy atom. The molecule has 0 fully saturated rings. The van der Waals surface area contributed by atoms with E-state index >= 15 is 0 Å². The number of amides is 2. The van der Waals surface area contributed by atoms with Crippen LogP contribution in [0.15, 0.2) is 64.6 Å². The maximum atomic E-state index is 12.7. The summed E-state index contributed by atoms with van der Waals surface area (Å²) in [6.07, 6.45) is 0. The monoisotopic (exact) mass is 473 g/mol. The van der Waals surface area contributed by atoms with Crippen molar-refractivity contribution in [1.29, 1.82) is 0 Å². The topological polar surface area (TPSA) is 123 Å². The second-order valence-corrected chi connectivity index (χ2v) is 9.74. The molecule has 0 aliphatic carbocycles. The van der Waals surface area contributed by atoms with E-state index in [2.05, 4.69) is 20.8 Å². The van der Waals surface area contributed by atoms with Crippen molar-refractivity contribution in [3.8, 4) is 0 Å². The molecule has 0 bridgehead atoms. The number of rotatable bonds is 9. The van der Waals surface area contributed by atoms with Gasteiger partial charge in [-0.25, -0.2) is 8.42 Å². The summed E-state index contributed by atoms with van der Waals surface area (Å²) in [5, 5.41) is 14.0. The maximum Gasteiger partial charge on any atom is 0.234 e. The van der Waals surface area contributed by atoms with Gasteiger partial charge in [-0.15, -0.1) is 10.2 Å². The highest BCUT2D eigenvalue weighted by Gasteiger charge is 2.21. The third-order valence-electron chi connectivity index (χ3n) is 4.35. The van der Waals surface area contributed by atoms with Gasteiger partial charge >= 0.3 is 0 Å². The summed E-state index contributed by atoms with van der Waals surface area (Å²) in [6, 6.07) is 15.0. The van der Waals surface area contributed by atoms with Crippen LogP contribution in [-0.4, -0.2) is 40.7 Å². The predicted molar refractivity (Wildman–Crippen MR) is 123 cm³/mol. The molecule has 1 aromatic heterocycles. The summed E-state index contributed by atoms with van der Waals surface area (Å²) in [7, 11) is -3.55. The van der Waals surface area contributed by atoms with E-state index in [4.69, 9.17) is 0 Å². The van der Waals surface area contributed by atoms with Gasteiger partial charge in [0.05, 0.1) is 10.6 Å². The molecule has 168 valence electrons. The van der Waals surface area contributed by atoms with Crippen LogP contribution in [-0.2, 0) is 31.7 Å². The second-order valence-electron chi connectivity index (χ2n) is 6.81. The van der Waals surface area contributed by atoms with E-state index in [0.29, 0.717) is 28.9 Å². The fraction of sp³-hybridized carbons (Fsp3) is 0.238. The van der Waals surface area contributed by atoms with Gasteiger partial charge < -0.3 is 15.2 Å². The van der Waals surface area contributed by atoms with Gasteiger partial charge in [-0.05, 0) is 43.3 Å². The first-order valence-corrected chi connectivity index (χ1v) is 12.4. The molecule has 32 heavy (non-hydrogen) atoms. The van der Waals surface area contributed by atoms with E-state index < -0.39 is 9.84 Å². The van der Waals surface area contributed by atoms with Crippen LogP contribution in [0.5, 0.6) is 0 Å². The average molecular weight is 474 g/mol. The highest BCUT2D eigenvalue weighted by Crippen LogP contribution is 2.21. The maximum absolute atomic E-state index is 12.7. The van der Waals surface area contributed by atoms with Gasteiger partial charge in [-0.3, -0.25) is 9.59 Å². The van der Waals surface area contributed by atoms with Crippen LogP contribution in [0, 0.1) is 0 Å². The van der Waals surface area contributed by atoms with E-state index in [1.165, 1.54) is 18.7 Å². The zero-order chi connectivity index (χ0) is 23.1. The van der Waals surface area contributed by atoms with E-state index in [-0.39, 0.29) is 28.2 Å². The first-order valence-electron chi connectivity index (χ1n) is 9.78. The number of benzene rings is 2. The van der Waals surface area contributed by atoms with Crippen molar-refractivity contribution in [2.45, 2.75) is 36.2 Å². The molecular formula is C21H23N5O4S2. The smallest absolute Gasteiger partial charge is 0.234 e. The van der Waals surface area contributed by atoms with Gasteiger partial charge in [-0.2, -0.15) is 0 Å². The van der Waals surface area contributed by atoms with Crippen LogP contribution in [0.4, 0.5) is 11.4 Å². The van der Waals surface area contributed by atoms with Crippen LogP contribution < -0.4 is 10.6 Å². The van der Waals surface area contributed by atoms with Crippen LogP contribution in [0.25, 0.3) is 0 Å². The van der Waals surface area contributed by atoms with Crippen LogP contribution in [0.2, 0.25) is 0 Å². The van der Waals surface area contributed by atoms with Crippen LogP contribution >= 0.6 is 11.8 Å². The molecule has 2 N–H and O–H groups in total. The Kier molecular flexibility index (Phi) is 7.65. The summed E-state index contributed by atoms with van der Waals surface area (Å²) >= 11 is 1.18. The molecule has 0 atom stereocenters. The summed E-state index contributed by atoms with van der Waals surface area (Å²) in [5.74, 6) is -0.282. The molecule has 9 nitrogen and oxygen atoms in total. The Hall–Kier alpha value is -3.18. The molecule has 0 aliphatic heterocycles. The summed E-state index contributed by atoms with van der Waals surface area (Å²) in [6.45, 7) is 3.76. The molecule has 3 aromatic rings. The quantitative estimate of drug-likeness (QED) is 0.458. The Balaban J connectivity index is 1.61. The lowest BCUT2D eigenvalue weighted by atomic mass is 10.3. The number of nitrogens with one attached hydrogen (secondary N) is 2. The van der Waals surface area contributed by atoms with Gasteiger partial charge in [0.15, 0.2) is 15.0 Å². The van der Waals surface area contributed by atoms with Gasteiger partial charge in [-0.1, -0.05) is 30.0 Å². The highest BCUT2D eigenvalue weighted by atomic mass is 32.2. The largest absolute Gasteiger partial charge is 0.326 e. The number of carbonyl (C=O) groups excluding carboxylic acids is 2. The van der Waals surface area contributed by atoms with Crippen molar-refractivity contribution in [3.05, 3.63) is 60.4 Å². The van der Waals surface area contributed by atoms with Gasteiger partial charge in [0.1, 0.15) is 11.6 Å². The minimum atomic E-state index is -3.55. The SMILES string of the molecule is CCn1c(CS(=O)(=O)c2ccccc2)nnc1SCC(=O)Nc1ccc(NC(C)=O)cc1. The van der Waals surface area contributed by atoms with Crippen molar-refractivity contribution in [2.75, 3.05) is 16.4 Å². The molecule has 0 saturated heterocycles. The first kappa shape index (κ1) is 23.5. The molecule has 3 rings (SSSR count). The molecule has 0 saturated carbocycles. The summed E-state index contributed by atoms with van der Waals surface area (Å²) < 4.78 is 27.0. The molecule has 0 radical (unpaired) electrons. The van der Waals surface area contributed by atoms with Gasteiger partial charge in [0.2, 0.25) is 11.8 Å². The van der Waals surface area contributed by atoms with E-state index in [0.717, 1.165) is 0 Å². The molecule has 2 amide bonds. The number of hydrogen-bond donors (Lipinski definition) is 2. The first-order chi connectivity index (χ1) is 15.3. The third-order valence-corrected chi connectivity index (χ3v) is 6.95. The van der Waals surface area contributed by atoms with Crippen LogP contribution in [0.1, 0.15) is 19.7 Å². The van der Waals surface area contributed by atoms with Gasteiger partial charge in [0.25, 0.3) is 0 Å². The molecule has 0 aliphatic rings. The number of thioether (sulfide) groups is 1. The standard InChI is InChI=1S/C21H23N5O4S2/c1-3-26-19(14-32(29,30)18-7-5-4-6-8-18)24-25-21(26)31-13-20(28)23-17-11-9-16(10-12-17)22-15(2)27/h4-12H,3,13-14H2,1-2H3,(H,22,27)(H,23,28). The molecule has 11 heteroatoms. The second kappa shape index (κ2) is 10.4. The Morgan fingerprint density at radius 2 is 1.59 bits per heavy atom. The van der Waals surface area contributed by atoms with Crippen molar-refractivity contribution in [3.63, 3.8) is 0 Å². The van der Waals surface area contributed by atoms with Crippen molar-refractivity contribution in [1.82, 2.24) is 14.8 Å². The number of anilines is 2. The Morgan fingerprint density at radius 1 is 0.969 bits per heavy atom. The van der Waals surface area contributed by atoms with E-state index in [9.17, 15) is 18.0 Å². The number of hydrogen-bond acceptors (Lipinski definition) is 7. The number of nitrogens with zero attached hydrogens (tertiary/aromatic N) is 3. The van der Waals surface area contributed by atoms with E-state index in [1.54, 1.807) is 59.2 Å². The molecule has 2 aromatic carbocycles. The number of carbonyl (C=O) groups is 2. The minimum Gasteiger partial charge on any atom is -0.326 e. The van der Waals surface area contributed by atoms with Crippen molar-refractivity contribution in [2.24, 2.45) is 0 Å². The Labute approximate surface area is 190 Å². The molecular weight excluding hydrogens is 450 g/mol. The summed E-state index contributed by atoms with van der Waals surface area (Å²) in [4.78, 5) is 23.6. The highest BCUT2D eigenvalue weighted by molar-refractivity contribution is 7.99. The Bertz CT molecular complexity index is 1190. The lowest BCUT2D eigenvalue weighted by molar-refractivity contribution is -0.114. The van der Waals surface area contributed by atoms with Crippen molar-refractivity contribution < 1.29 is 18.0 Å². The zero-order valence-corrected chi connectivity index (χ0v) is 19.2. The predicted octanol–water partition coefficient (Wildman–Crippen LogP) is 2.96. The van der Waals surface area contributed by atoms with Gasteiger partial charge in [0, 0.05) is 24.8 Å². The average Bonchev–Trinajstić information content (AvgIpc) is 3.14.